The van der Waals surface area contributed by atoms with E-state index in [4.69, 9.17) is 0 Å². The first-order valence-corrected chi connectivity index (χ1v) is 4.77. The number of halogens is 3. The Morgan fingerprint density at radius 1 is 1.47 bits per heavy atom. The molecule has 0 atom stereocenters. The topological polar surface area (TPSA) is 29.9 Å². The van der Waals surface area contributed by atoms with Gasteiger partial charge in [0.15, 0.2) is 0 Å². The van der Waals surface area contributed by atoms with Crippen LogP contribution in [0.3, 0.4) is 0 Å². The van der Waals surface area contributed by atoms with Gasteiger partial charge in [0.2, 0.25) is 5.95 Å². The molecule has 0 saturated heterocycles. The average molecular weight is 221 g/mol. The minimum atomic E-state index is -4.12. The molecule has 0 aliphatic heterocycles. The molecule has 0 aromatic carbocycles. The Labute approximate surface area is 86.3 Å². The van der Waals surface area contributed by atoms with E-state index in [-0.39, 0.29) is 6.54 Å². The maximum atomic E-state index is 11.9. The number of hydrogen-bond acceptors (Lipinski definition) is 2. The number of aromatic nitrogens is 2. The normalized spacial score (nSPS) is 11.8. The van der Waals surface area contributed by atoms with E-state index in [1.165, 1.54) is 0 Å². The Morgan fingerprint density at radius 3 is 2.67 bits per heavy atom. The summed E-state index contributed by atoms with van der Waals surface area (Å²) in [5.74, 6) is 0.499. The lowest BCUT2D eigenvalue weighted by molar-refractivity contribution is -0.131. The van der Waals surface area contributed by atoms with E-state index in [1.807, 2.05) is 6.92 Å². The van der Waals surface area contributed by atoms with E-state index in [9.17, 15) is 13.2 Å². The third kappa shape index (κ3) is 3.81. The summed E-state index contributed by atoms with van der Waals surface area (Å²) in [5, 5.41) is 2.67. The molecular formula is C9H14F3N3. The second-order valence-electron chi connectivity index (χ2n) is 3.28. The molecule has 1 rings (SSSR count). The zero-order chi connectivity index (χ0) is 11.5. The van der Waals surface area contributed by atoms with Crippen LogP contribution in [0.2, 0.25) is 0 Å². The van der Waals surface area contributed by atoms with Crippen molar-refractivity contribution in [1.29, 1.82) is 0 Å². The van der Waals surface area contributed by atoms with Gasteiger partial charge in [-0.05, 0) is 13.8 Å². The van der Waals surface area contributed by atoms with Crippen molar-refractivity contribution in [2.24, 2.45) is 0 Å². The van der Waals surface area contributed by atoms with E-state index in [0.29, 0.717) is 12.5 Å². The van der Waals surface area contributed by atoms with Crippen LogP contribution in [-0.2, 0) is 6.54 Å². The summed E-state index contributed by atoms with van der Waals surface area (Å²) in [6.45, 7) is 4.27. The van der Waals surface area contributed by atoms with Crippen molar-refractivity contribution in [1.82, 2.24) is 9.55 Å². The molecule has 0 unspecified atom stereocenters. The van der Waals surface area contributed by atoms with Gasteiger partial charge >= 0.3 is 6.18 Å². The van der Waals surface area contributed by atoms with E-state index >= 15 is 0 Å². The smallest absolute Gasteiger partial charge is 0.355 e. The molecule has 0 spiro atoms. The van der Waals surface area contributed by atoms with Crippen molar-refractivity contribution < 1.29 is 13.2 Å². The summed E-state index contributed by atoms with van der Waals surface area (Å²) < 4.78 is 37.4. The van der Waals surface area contributed by atoms with Gasteiger partial charge in [0.05, 0.1) is 12.1 Å². The first kappa shape index (κ1) is 11.9. The van der Waals surface area contributed by atoms with Crippen LogP contribution in [0.5, 0.6) is 0 Å². The zero-order valence-electron chi connectivity index (χ0n) is 8.73. The second-order valence-corrected chi connectivity index (χ2v) is 3.28. The molecule has 1 heterocycles. The van der Waals surface area contributed by atoms with Crippen molar-refractivity contribution in [3.63, 3.8) is 0 Å². The lowest BCUT2D eigenvalue weighted by atomic mass is 10.4. The van der Waals surface area contributed by atoms with Gasteiger partial charge in [-0.1, -0.05) is 0 Å². The van der Waals surface area contributed by atoms with Gasteiger partial charge < -0.3 is 9.88 Å². The van der Waals surface area contributed by atoms with E-state index in [0.717, 1.165) is 5.69 Å². The van der Waals surface area contributed by atoms with Gasteiger partial charge in [0.1, 0.15) is 0 Å². The number of nitrogens with one attached hydrogen (secondary N) is 1. The fourth-order valence-corrected chi connectivity index (χ4v) is 1.24. The van der Waals surface area contributed by atoms with Crippen molar-refractivity contribution in [2.75, 3.05) is 11.9 Å². The first-order valence-electron chi connectivity index (χ1n) is 4.77. The Balaban J connectivity index is 2.50. The summed E-state index contributed by atoms with van der Waals surface area (Å²) in [7, 11) is 0. The molecule has 15 heavy (non-hydrogen) atoms. The molecule has 0 amide bonds. The molecule has 0 aliphatic rings. The maximum Gasteiger partial charge on any atom is 0.390 e. The van der Waals surface area contributed by atoms with Crippen LogP contribution in [0.15, 0.2) is 6.20 Å². The largest absolute Gasteiger partial charge is 0.390 e. The number of alkyl halides is 3. The summed E-state index contributed by atoms with van der Waals surface area (Å²) in [6, 6.07) is 0. The fourth-order valence-electron chi connectivity index (χ4n) is 1.24. The molecule has 0 radical (unpaired) electrons. The van der Waals surface area contributed by atoms with Crippen molar-refractivity contribution in [3.8, 4) is 0 Å². The van der Waals surface area contributed by atoms with Crippen LogP contribution in [0, 0.1) is 6.92 Å². The first-order chi connectivity index (χ1) is 6.92. The minimum absolute atomic E-state index is 0.139. The predicted octanol–water partition coefficient (Wildman–Crippen LogP) is 2.58. The van der Waals surface area contributed by atoms with Crippen LogP contribution in [0.25, 0.3) is 0 Å². The van der Waals surface area contributed by atoms with Gasteiger partial charge in [-0.25, -0.2) is 4.98 Å². The standard InChI is InChI=1S/C9H14F3N3/c1-3-15-6-7(2)14-8(15)13-5-4-9(10,11)12/h6H,3-5H2,1-2H3,(H,13,14). The fraction of sp³-hybridized carbons (Fsp3) is 0.667. The second kappa shape index (κ2) is 4.55. The SMILES string of the molecule is CCn1cc(C)nc1NCCC(F)(F)F. The highest BCUT2D eigenvalue weighted by molar-refractivity contribution is 5.28. The average Bonchev–Trinajstić information content (AvgIpc) is 2.44. The Morgan fingerprint density at radius 2 is 2.13 bits per heavy atom. The van der Waals surface area contributed by atoms with Crippen LogP contribution < -0.4 is 5.32 Å². The number of anilines is 1. The lowest BCUT2D eigenvalue weighted by Gasteiger charge is -2.09. The van der Waals surface area contributed by atoms with Gasteiger partial charge in [-0.15, -0.1) is 0 Å². The van der Waals surface area contributed by atoms with Crippen molar-refractivity contribution >= 4 is 5.95 Å². The third-order valence-electron chi connectivity index (χ3n) is 1.93. The molecule has 0 saturated carbocycles. The summed E-state index contributed by atoms with van der Waals surface area (Å²) in [6.07, 6.45) is -3.16. The van der Waals surface area contributed by atoms with E-state index in [2.05, 4.69) is 10.3 Å². The zero-order valence-corrected chi connectivity index (χ0v) is 8.73. The molecular weight excluding hydrogens is 207 g/mol. The number of imidazole rings is 1. The minimum Gasteiger partial charge on any atom is -0.355 e. The predicted molar refractivity (Wildman–Crippen MR) is 51.8 cm³/mol. The van der Waals surface area contributed by atoms with Gasteiger partial charge in [-0.3, -0.25) is 0 Å². The Bertz CT molecular complexity index is 317. The molecule has 0 aliphatic carbocycles. The molecule has 0 bridgehead atoms. The lowest BCUT2D eigenvalue weighted by Crippen LogP contribution is -2.16. The van der Waals surface area contributed by atoms with Crippen LogP contribution >= 0.6 is 0 Å². The van der Waals surface area contributed by atoms with Gasteiger partial charge in [0.25, 0.3) is 0 Å². The summed E-state index contributed by atoms with van der Waals surface area (Å²) in [4.78, 5) is 4.09. The summed E-state index contributed by atoms with van der Waals surface area (Å²) >= 11 is 0. The van der Waals surface area contributed by atoms with Crippen LogP contribution in [-0.4, -0.2) is 22.3 Å². The Kier molecular flexibility index (Phi) is 3.60. The Hall–Kier alpha value is -1.20. The third-order valence-corrected chi connectivity index (χ3v) is 1.93. The summed E-state index contributed by atoms with van der Waals surface area (Å²) in [5.41, 5.74) is 0.798. The molecule has 0 fully saturated rings. The highest BCUT2D eigenvalue weighted by Gasteiger charge is 2.26. The number of hydrogen-bond donors (Lipinski definition) is 1. The number of rotatable bonds is 4. The maximum absolute atomic E-state index is 11.9. The van der Waals surface area contributed by atoms with E-state index in [1.54, 1.807) is 17.7 Å². The van der Waals surface area contributed by atoms with E-state index < -0.39 is 12.6 Å². The van der Waals surface area contributed by atoms with Crippen LogP contribution in [0.1, 0.15) is 19.0 Å². The highest BCUT2D eigenvalue weighted by Crippen LogP contribution is 2.19. The van der Waals surface area contributed by atoms with Crippen LogP contribution in [0.4, 0.5) is 19.1 Å². The van der Waals surface area contributed by atoms with Crippen molar-refractivity contribution in [3.05, 3.63) is 11.9 Å². The van der Waals surface area contributed by atoms with Gasteiger partial charge in [-0.2, -0.15) is 13.2 Å². The molecule has 86 valence electrons. The quantitative estimate of drug-likeness (QED) is 0.846. The monoisotopic (exact) mass is 221 g/mol. The van der Waals surface area contributed by atoms with Crippen molar-refractivity contribution in [2.45, 2.75) is 33.0 Å². The van der Waals surface area contributed by atoms with Gasteiger partial charge in [0, 0.05) is 19.3 Å². The highest BCUT2D eigenvalue weighted by atomic mass is 19.4. The number of aryl methyl sites for hydroxylation is 2. The molecule has 1 aromatic rings. The molecule has 1 aromatic heterocycles. The molecule has 6 heteroatoms. The number of nitrogens with zero attached hydrogens (tertiary/aromatic N) is 2. The molecule has 3 nitrogen and oxygen atoms in total. The molecule has 1 N–H and O–H groups in total.